The van der Waals surface area contributed by atoms with Gasteiger partial charge in [0.25, 0.3) is 5.91 Å². The van der Waals surface area contributed by atoms with Gasteiger partial charge in [-0.1, -0.05) is 6.07 Å². The number of nitrogens with one attached hydrogen (secondary N) is 1. The van der Waals surface area contributed by atoms with Gasteiger partial charge in [0.15, 0.2) is 0 Å². The van der Waals surface area contributed by atoms with Crippen LogP contribution < -0.4 is 5.32 Å². The molecule has 6 heteroatoms. The van der Waals surface area contributed by atoms with Crippen molar-refractivity contribution in [3.05, 3.63) is 47.8 Å². The van der Waals surface area contributed by atoms with Crippen LogP contribution in [0.25, 0.3) is 0 Å². The molecule has 0 unspecified atom stereocenters. The summed E-state index contributed by atoms with van der Waals surface area (Å²) < 4.78 is 7.57. The van der Waals surface area contributed by atoms with Crippen molar-refractivity contribution in [1.82, 2.24) is 19.9 Å². The van der Waals surface area contributed by atoms with Crippen LogP contribution in [0, 0.1) is 12.8 Å². The van der Waals surface area contributed by atoms with Gasteiger partial charge >= 0.3 is 0 Å². The van der Waals surface area contributed by atoms with Gasteiger partial charge in [0, 0.05) is 38.3 Å². The van der Waals surface area contributed by atoms with Crippen LogP contribution in [0.15, 0.2) is 30.7 Å². The molecular weight excluding hydrogens is 304 g/mol. The summed E-state index contributed by atoms with van der Waals surface area (Å²) in [5.74, 6) is 1.08. The van der Waals surface area contributed by atoms with E-state index in [0.29, 0.717) is 11.6 Å². The fourth-order valence-corrected chi connectivity index (χ4v) is 3.24. The van der Waals surface area contributed by atoms with E-state index < -0.39 is 0 Å². The first kappa shape index (κ1) is 16.6. The standard InChI is InChI=1S/C18H24N4O2/c1-3-22-10-9-20-17(22)16(14-6-11-24-12-7-14)21-18(23)15-13(2)5-4-8-19-15/h4-5,8-10,14,16H,3,6-7,11-12H2,1-2H3,(H,21,23)/t16-/m0/s1. The Balaban J connectivity index is 1.87. The van der Waals surface area contributed by atoms with Gasteiger partial charge in [-0.25, -0.2) is 4.98 Å². The van der Waals surface area contributed by atoms with Gasteiger partial charge in [-0.15, -0.1) is 0 Å². The minimum Gasteiger partial charge on any atom is -0.381 e. The molecular formula is C18H24N4O2. The minimum atomic E-state index is -0.143. The predicted molar refractivity (Wildman–Crippen MR) is 90.6 cm³/mol. The van der Waals surface area contributed by atoms with Crippen molar-refractivity contribution >= 4 is 5.91 Å². The van der Waals surface area contributed by atoms with Gasteiger partial charge in [0.1, 0.15) is 11.5 Å². The number of hydrogen-bond acceptors (Lipinski definition) is 4. The van der Waals surface area contributed by atoms with Crippen LogP contribution in [0.4, 0.5) is 0 Å². The highest BCUT2D eigenvalue weighted by molar-refractivity contribution is 5.93. The molecule has 1 amide bonds. The predicted octanol–water partition coefficient (Wildman–Crippen LogP) is 2.50. The second kappa shape index (κ2) is 7.57. The molecule has 24 heavy (non-hydrogen) atoms. The summed E-state index contributed by atoms with van der Waals surface area (Å²) in [6, 6.07) is 3.61. The number of amides is 1. The summed E-state index contributed by atoms with van der Waals surface area (Å²) in [6.45, 7) is 6.27. The number of rotatable bonds is 5. The van der Waals surface area contributed by atoms with Crippen molar-refractivity contribution in [2.75, 3.05) is 13.2 Å². The molecule has 1 N–H and O–H groups in total. The molecule has 3 heterocycles. The lowest BCUT2D eigenvalue weighted by Gasteiger charge is -2.31. The molecule has 0 saturated carbocycles. The van der Waals surface area contributed by atoms with Crippen LogP contribution in [0.2, 0.25) is 0 Å². The fraction of sp³-hybridized carbons (Fsp3) is 0.500. The van der Waals surface area contributed by atoms with Crippen molar-refractivity contribution in [2.24, 2.45) is 5.92 Å². The Kier molecular flexibility index (Phi) is 5.25. The van der Waals surface area contributed by atoms with Crippen LogP contribution >= 0.6 is 0 Å². The molecule has 6 nitrogen and oxygen atoms in total. The van der Waals surface area contributed by atoms with E-state index in [1.165, 1.54) is 0 Å². The van der Waals surface area contributed by atoms with Gasteiger partial charge in [0.2, 0.25) is 0 Å². The molecule has 3 rings (SSSR count). The van der Waals surface area contributed by atoms with Crippen molar-refractivity contribution in [1.29, 1.82) is 0 Å². The summed E-state index contributed by atoms with van der Waals surface area (Å²) in [4.78, 5) is 21.5. The molecule has 2 aromatic rings. The molecule has 1 saturated heterocycles. The van der Waals surface area contributed by atoms with E-state index in [1.807, 2.05) is 25.3 Å². The van der Waals surface area contributed by atoms with E-state index in [0.717, 1.165) is 44.0 Å². The monoisotopic (exact) mass is 328 g/mol. The number of ether oxygens (including phenoxy) is 1. The van der Waals surface area contributed by atoms with Crippen LogP contribution in [0.1, 0.15) is 47.7 Å². The van der Waals surface area contributed by atoms with Crippen molar-refractivity contribution in [2.45, 2.75) is 39.3 Å². The zero-order valence-corrected chi connectivity index (χ0v) is 14.2. The third-order valence-corrected chi connectivity index (χ3v) is 4.62. The van der Waals surface area contributed by atoms with Crippen molar-refractivity contribution in [3.63, 3.8) is 0 Å². The summed E-state index contributed by atoms with van der Waals surface area (Å²) in [7, 11) is 0. The lowest BCUT2D eigenvalue weighted by Crippen LogP contribution is -2.38. The van der Waals surface area contributed by atoms with Gasteiger partial charge < -0.3 is 14.6 Å². The van der Waals surface area contributed by atoms with Gasteiger partial charge in [0.05, 0.1) is 6.04 Å². The Morgan fingerprint density at radius 2 is 2.17 bits per heavy atom. The fourth-order valence-electron chi connectivity index (χ4n) is 3.24. The average Bonchev–Trinajstić information content (AvgIpc) is 3.09. The highest BCUT2D eigenvalue weighted by atomic mass is 16.5. The first-order chi connectivity index (χ1) is 11.7. The number of carbonyl (C=O) groups is 1. The Hall–Kier alpha value is -2.21. The summed E-state index contributed by atoms with van der Waals surface area (Å²) in [5, 5.41) is 3.18. The molecule has 0 aliphatic carbocycles. The zero-order valence-electron chi connectivity index (χ0n) is 14.2. The number of imidazole rings is 1. The minimum absolute atomic E-state index is 0.127. The van der Waals surface area contributed by atoms with E-state index in [-0.39, 0.29) is 11.9 Å². The topological polar surface area (TPSA) is 69.0 Å². The van der Waals surface area contributed by atoms with E-state index in [4.69, 9.17) is 4.74 Å². The van der Waals surface area contributed by atoms with Gasteiger partial charge in [-0.05, 0) is 44.2 Å². The molecule has 0 aromatic carbocycles. The van der Waals surface area contributed by atoms with Gasteiger partial charge in [-0.2, -0.15) is 0 Å². The Morgan fingerprint density at radius 3 is 2.88 bits per heavy atom. The number of nitrogens with zero attached hydrogens (tertiary/aromatic N) is 3. The average molecular weight is 328 g/mol. The lowest BCUT2D eigenvalue weighted by molar-refractivity contribution is 0.0497. The van der Waals surface area contributed by atoms with E-state index in [2.05, 4.69) is 26.8 Å². The molecule has 1 aliphatic heterocycles. The third-order valence-electron chi connectivity index (χ3n) is 4.62. The van der Waals surface area contributed by atoms with Crippen LogP contribution in [-0.4, -0.2) is 33.7 Å². The number of pyridine rings is 1. The number of hydrogen-bond donors (Lipinski definition) is 1. The largest absolute Gasteiger partial charge is 0.381 e. The van der Waals surface area contributed by atoms with Crippen molar-refractivity contribution < 1.29 is 9.53 Å². The molecule has 1 fully saturated rings. The summed E-state index contributed by atoms with van der Waals surface area (Å²) >= 11 is 0. The van der Waals surface area contributed by atoms with Crippen molar-refractivity contribution in [3.8, 4) is 0 Å². The molecule has 1 atom stereocenters. The van der Waals surface area contributed by atoms with Gasteiger partial charge in [-0.3, -0.25) is 9.78 Å². The molecule has 0 spiro atoms. The maximum Gasteiger partial charge on any atom is 0.270 e. The molecule has 0 bridgehead atoms. The Bertz CT molecular complexity index is 692. The highest BCUT2D eigenvalue weighted by Crippen LogP contribution is 2.29. The molecule has 128 valence electrons. The first-order valence-electron chi connectivity index (χ1n) is 8.52. The SMILES string of the molecule is CCn1ccnc1[C@@H](NC(=O)c1ncccc1C)C1CCOCC1. The van der Waals surface area contributed by atoms with Crippen LogP contribution in [0.5, 0.6) is 0 Å². The normalized spacial score (nSPS) is 16.8. The highest BCUT2D eigenvalue weighted by Gasteiger charge is 2.30. The second-order valence-electron chi connectivity index (χ2n) is 6.14. The maximum absolute atomic E-state index is 12.8. The van der Waals surface area contributed by atoms with Crippen LogP contribution in [-0.2, 0) is 11.3 Å². The molecule has 0 radical (unpaired) electrons. The summed E-state index contributed by atoms with van der Waals surface area (Å²) in [5.41, 5.74) is 1.35. The summed E-state index contributed by atoms with van der Waals surface area (Å²) in [6.07, 6.45) is 7.24. The Morgan fingerprint density at radius 1 is 1.38 bits per heavy atom. The zero-order chi connectivity index (χ0) is 16.9. The number of aryl methyl sites for hydroxylation is 2. The first-order valence-corrected chi connectivity index (χ1v) is 8.52. The molecule has 1 aliphatic rings. The van der Waals surface area contributed by atoms with E-state index in [1.54, 1.807) is 12.4 Å². The maximum atomic E-state index is 12.8. The van der Waals surface area contributed by atoms with Crippen LogP contribution in [0.3, 0.4) is 0 Å². The quantitative estimate of drug-likeness (QED) is 0.915. The third kappa shape index (κ3) is 3.48. The second-order valence-corrected chi connectivity index (χ2v) is 6.14. The van der Waals surface area contributed by atoms with E-state index >= 15 is 0 Å². The smallest absolute Gasteiger partial charge is 0.270 e. The molecule has 2 aromatic heterocycles. The van der Waals surface area contributed by atoms with E-state index in [9.17, 15) is 4.79 Å². The Labute approximate surface area is 142 Å². The lowest BCUT2D eigenvalue weighted by atomic mass is 9.90. The number of carbonyl (C=O) groups excluding carboxylic acids is 1. The number of aromatic nitrogens is 3.